The molecular formula is C15H16FNO3S. The summed E-state index contributed by atoms with van der Waals surface area (Å²) >= 11 is 0. The van der Waals surface area contributed by atoms with Crippen LogP contribution < -0.4 is 9.46 Å². The highest BCUT2D eigenvalue weighted by Crippen LogP contribution is 2.24. The van der Waals surface area contributed by atoms with Gasteiger partial charge in [0.25, 0.3) is 10.0 Å². The first kappa shape index (κ1) is 15.3. The Balaban J connectivity index is 2.36. The summed E-state index contributed by atoms with van der Waals surface area (Å²) in [6.07, 6.45) is 0. The van der Waals surface area contributed by atoms with E-state index >= 15 is 0 Å². The molecule has 6 heteroatoms. The van der Waals surface area contributed by atoms with Gasteiger partial charge >= 0.3 is 0 Å². The van der Waals surface area contributed by atoms with E-state index in [1.54, 1.807) is 26.0 Å². The number of hydrogen-bond acceptors (Lipinski definition) is 3. The van der Waals surface area contributed by atoms with Crippen LogP contribution in [0, 0.1) is 19.7 Å². The Morgan fingerprint density at radius 2 is 1.76 bits per heavy atom. The van der Waals surface area contributed by atoms with Gasteiger partial charge in [-0.1, -0.05) is 0 Å². The van der Waals surface area contributed by atoms with Crippen LogP contribution in [0.15, 0.2) is 41.3 Å². The molecule has 2 aromatic carbocycles. The van der Waals surface area contributed by atoms with Crippen molar-refractivity contribution >= 4 is 15.7 Å². The summed E-state index contributed by atoms with van der Waals surface area (Å²) in [6, 6.07) is 8.77. The van der Waals surface area contributed by atoms with Gasteiger partial charge in [-0.05, 0) is 61.4 Å². The van der Waals surface area contributed by atoms with Crippen molar-refractivity contribution in [2.24, 2.45) is 0 Å². The number of methoxy groups -OCH3 is 1. The molecule has 0 radical (unpaired) electrons. The van der Waals surface area contributed by atoms with Gasteiger partial charge < -0.3 is 4.74 Å². The molecule has 0 aliphatic heterocycles. The van der Waals surface area contributed by atoms with Gasteiger partial charge in [0.15, 0.2) is 0 Å². The van der Waals surface area contributed by atoms with Crippen molar-refractivity contribution in [1.82, 2.24) is 0 Å². The smallest absolute Gasteiger partial charge is 0.262 e. The highest BCUT2D eigenvalue weighted by Gasteiger charge is 2.17. The Hall–Kier alpha value is -2.08. The minimum absolute atomic E-state index is 0.158. The summed E-state index contributed by atoms with van der Waals surface area (Å²) in [5, 5.41) is 0. The second kappa shape index (κ2) is 5.73. The van der Waals surface area contributed by atoms with Gasteiger partial charge in [0, 0.05) is 5.69 Å². The number of ether oxygens (including phenoxy) is 1. The van der Waals surface area contributed by atoms with Gasteiger partial charge in [0.1, 0.15) is 11.6 Å². The lowest BCUT2D eigenvalue weighted by atomic mass is 10.2. The molecule has 0 atom stereocenters. The van der Waals surface area contributed by atoms with E-state index in [0.717, 1.165) is 0 Å². The van der Waals surface area contributed by atoms with E-state index in [2.05, 4.69) is 4.72 Å². The molecule has 1 N–H and O–H groups in total. The Morgan fingerprint density at radius 3 is 2.33 bits per heavy atom. The van der Waals surface area contributed by atoms with E-state index in [0.29, 0.717) is 22.6 Å². The Bertz CT molecular complexity index is 772. The molecule has 0 saturated carbocycles. The van der Waals surface area contributed by atoms with E-state index in [1.807, 2.05) is 0 Å². The largest absolute Gasteiger partial charge is 0.497 e. The maximum Gasteiger partial charge on any atom is 0.262 e. The zero-order chi connectivity index (χ0) is 15.6. The van der Waals surface area contributed by atoms with Crippen molar-refractivity contribution in [3.63, 3.8) is 0 Å². The summed E-state index contributed by atoms with van der Waals surface area (Å²) < 4.78 is 45.5. The molecule has 0 aliphatic carbocycles. The van der Waals surface area contributed by atoms with Crippen molar-refractivity contribution in [2.75, 3.05) is 11.8 Å². The molecule has 0 aromatic heterocycles. The van der Waals surface area contributed by atoms with E-state index in [9.17, 15) is 12.8 Å². The summed E-state index contributed by atoms with van der Waals surface area (Å²) in [4.78, 5) is 0.158. The van der Waals surface area contributed by atoms with E-state index < -0.39 is 10.0 Å². The van der Waals surface area contributed by atoms with E-state index in [1.165, 1.54) is 31.4 Å². The average molecular weight is 309 g/mol. The topological polar surface area (TPSA) is 55.4 Å². The number of aryl methyl sites for hydroxylation is 2. The molecule has 0 spiro atoms. The molecule has 4 nitrogen and oxygen atoms in total. The highest BCUT2D eigenvalue weighted by atomic mass is 32.2. The molecule has 0 heterocycles. The Kier molecular flexibility index (Phi) is 4.18. The second-order valence-corrected chi connectivity index (χ2v) is 6.35. The standard InChI is InChI=1S/C15H16FNO3S/c1-10-8-12(4-6-14(10)16)17-21(18,19)15-7-5-13(20-3)9-11(15)2/h4-9,17H,1-3H3. The third-order valence-electron chi connectivity index (χ3n) is 3.08. The molecule has 2 aromatic rings. The molecular weight excluding hydrogens is 293 g/mol. The second-order valence-electron chi connectivity index (χ2n) is 4.70. The van der Waals surface area contributed by atoms with E-state index in [4.69, 9.17) is 4.74 Å². The molecule has 112 valence electrons. The predicted octanol–water partition coefficient (Wildman–Crippen LogP) is 3.25. The van der Waals surface area contributed by atoms with Crippen molar-refractivity contribution in [3.8, 4) is 5.75 Å². The third kappa shape index (κ3) is 3.33. The fourth-order valence-electron chi connectivity index (χ4n) is 1.97. The lowest BCUT2D eigenvalue weighted by molar-refractivity contribution is 0.414. The van der Waals surface area contributed by atoms with Gasteiger partial charge in [-0.3, -0.25) is 4.72 Å². The Morgan fingerprint density at radius 1 is 1.05 bits per heavy atom. The quantitative estimate of drug-likeness (QED) is 0.943. The van der Waals surface area contributed by atoms with Crippen molar-refractivity contribution in [3.05, 3.63) is 53.3 Å². The number of benzene rings is 2. The molecule has 0 unspecified atom stereocenters. The number of hydrogen-bond donors (Lipinski definition) is 1. The monoisotopic (exact) mass is 309 g/mol. The van der Waals surface area contributed by atoms with Gasteiger partial charge in [0.05, 0.1) is 12.0 Å². The van der Waals surface area contributed by atoms with Crippen LogP contribution in [0.4, 0.5) is 10.1 Å². The van der Waals surface area contributed by atoms with Crippen LogP contribution in [0.3, 0.4) is 0 Å². The summed E-state index contributed by atoms with van der Waals surface area (Å²) in [6.45, 7) is 3.26. The van der Waals surface area contributed by atoms with Crippen LogP contribution in [0.2, 0.25) is 0 Å². The molecule has 2 rings (SSSR count). The Labute approximate surface area is 123 Å². The zero-order valence-corrected chi connectivity index (χ0v) is 12.8. The number of halogens is 1. The van der Waals surface area contributed by atoms with Crippen LogP contribution in [0.5, 0.6) is 5.75 Å². The highest BCUT2D eigenvalue weighted by molar-refractivity contribution is 7.92. The fourth-order valence-corrected chi connectivity index (χ4v) is 3.25. The normalized spacial score (nSPS) is 11.2. The SMILES string of the molecule is COc1ccc(S(=O)(=O)Nc2ccc(F)c(C)c2)c(C)c1. The lowest BCUT2D eigenvalue weighted by Gasteiger charge is -2.12. The van der Waals surface area contributed by atoms with Gasteiger partial charge in [-0.2, -0.15) is 0 Å². The van der Waals surface area contributed by atoms with Crippen LogP contribution in [0.1, 0.15) is 11.1 Å². The lowest BCUT2D eigenvalue weighted by Crippen LogP contribution is -2.14. The number of sulfonamides is 1. The summed E-state index contributed by atoms with van der Waals surface area (Å²) in [5.41, 5.74) is 1.27. The van der Waals surface area contributed by atoms with Crippen LogP contribution in [-0.2, 0) is 10.0 Å². The maximum atomic E-state index is 13.2. The molecule has 21 heavy (non-hydrogen) atoms. The maximum absolute atomic E-state index is 13.2. The number of rotatable bonds is 4. The van der Waals surface area contributed by atoms with Crippen LogP contribution in [0.25, 0.3) is 0 Å². The molecule has 0 saturated heterocycles. The minimum atomic E-state index is -3.73. The summed E-state index contributed by atoms with van der Waals surface area (Å²) in [5.74, 6) is 0.211. The molecule has 0 amide bonds. The predicted molar refractivity (Wildman–Crippen MR) is 79.7 cm³/mol. The van der Waals surface area contributed by atoms with Gasteiger partial charge in [0.2, 0.25) is 0 Å². The summed E-state index contributed by atoms with van der Waals surface area (Å²) in [7, 11) is -2.21. The minimum Gasteiger partial charge on any atom is -0.497 e. The first-order valence-electron chi connectivity index (χ1n) is 6.27. The molecule has 0 bridgehead atoms. The first-order chi connectivity index (χ1) is 9.83. The van der Waals surface area contributed by atoms with Gasteiger partial charge in [-0.15, -0.1) is 0 Å². The van der Waals surface area contributed by atoms with Gasteiger partial charge in [-0.25, -0.2) is 12.8 Å². The van der Waals surface area contributed by atoms with Crippen molar-refractivity contribution < 1.29 is 17.5 Å². The molecule has 0 aliphatic rings. The fraction of sp³-hybridized carbons (Fsp3) is 0.200. The zero-order valence-electron chi connectivity index (χ0n) is 12.0. The van der Waals surface area contributed by atoms with Crippen LogP contribution >= 0.6 is 0 Å². The number of anilines is 1. The number of nitrogens with one attached hydrogen (secondary N) is 1. The van der Waals surface area contributed by atoms with Crippen molar-refractivity contribution in [1.29, 1.82) is 0 Å². The first-order valence-corrected chi connectivity index (χ1v) is 7.75. The van der Waals surface area contributed by atoms with Crippen molar-refractivity contribution in [2.45, 2.75) is 18.7 Å². The third-order valence-corrected chi connectivity index (χ3v) is 4.62. The van der Waals surface area contributed by atoms with E-state index in [-0.39, 0.29) is 10.7 Å². The van der Waals surface area contributed by atoms with Crippen LogP contribution in [-0.4, -0.2) is 15.5 Å². The average Bonchev–Trinajstić information content (AvgIpc) is 2.42. The molecule has 0 fully saturated rings.